The van der Waals surface area contributed by atoms with Crippen LogP contribution < -0.4 is 10.6 Å². The van der Waals surface area contributed by atoms with Crippen molar-refractivity contribution in [2.45, 2.75) is 132 Å². The van der Waals surface area contributed by atoms with Crippen molar-refractivity contribution < 1.29 is 28.7 Å². The summed E-state index contributed by atoms with van der Waals surface area (Å²) >= 11 is 2.93. The first-order chi connectivity index (χ1) is 22.8. The number of hydrogen-bond donors (Lipinski definition) is 2. The Morgan fingerprint density at radius 2 is 1.04 bits per heavy atom. The Kier molecular flexibility index (Phi) is 13.0. The van der Waals surface area contributed by atoms with Crippen LogP contribution in [0.15, 0.2) is 0 Å². The highest BCUT2D eigenvalue weighted by molar-refractivity contribution is 7.17. The van der Waals surface area contributed by atoms with E-state index < -0.39 is 11.9 Å². The van der Waals surface area contributed by atoms with Crippen LogP contribution in [0.1, 0.15) is 148 Å². The lowest BCUT2D eigenvalue weighted by molar-refractivity contribution is -0.121. The standard InChI is InChI=1S/C38H56N2O6S2/c1-9-19-45-35(43)31-25-15-13-23(37(5,6)11-3)21-27(25)47-33(31)39-29(41)17-18-30(42)40-34-32(36(44)46-20-10-2)26-16-14-24(22-28(26)48-34)38(7,8)12-4/h23-24H,9-22H2,1-8H3,(H,39,41)(H,40,42). The molecule has 0 aliphatic heterocycles. The first-order valence-electron chi connectivity index (χ1n) is 18.0. The number of rotatable bonds is 15. The van der Waals surface area contributed by atoms with Crippen LogP contribution in [-0.4, -0.2) is 37.0 Å². The molecule has 0 bridgehead atoms. The summed E-state index contributed by atoms with van der Waals surface area (Å²) < 4.78 is 11.1. The van der Waals surface area contributed by atoms with Crippen molar-refractivity contribution in [3.63, 3.8) is 0 Å². The average molecular weight is 701 g/mol. The van der Waals surface area contributed by atoms with Gasteiger partial charge in [0.05, 0.1) is 24.3 Å². The fourth-order valence-electron chi connectivity index (χ4n) is 6.83. The number of esters is 2. The second-order valence-corrected chi connectivity index (χ2v) is 17.1. The Morgan fingerprint density at radius 3 is 1.38 bits per heavy atom. The third kappa shape index (κ3) is 8.70. The molecule has 0 saturated heterocycles. The van der Waals surface area contributed by atoms with Crippen LogP contribution in [0, 0.1) is 22.7 Å². The fraction of sp³-hybridized carbons (Fsp3) is 0.684. The summed E-state index contributed by atoms with van der Waals surface area (Å²) in [7, 11) is 0. The predicted molar refractivity (Wildman–Crippen MR) is 195 cm³/mol. The van der Waals surface area contributed by atoms with E-state index in [2.05, 4.69) is 52.2 Å². The fourth-order valence-corrected chi connectivity index (χ4v) is 9.49. The number of ether oxygens (including phenoxy) is 2. The minimum absolute atomic E-state index is 0.0587. The van der Waals surface area contributed by atoms with Crippen LogP contribution in [0.5, 0.6) is 0 Å². The third-order valence-electron chi connectivity index (χ3n) is 10.9. The molecule has 2 aromatic rings. The highest BCUT2D eigenvalue weighted by Crippen LogP contribution is 2.47. The highest BCUT2D eigenvalue weighted by Gasteiger charge is 2.37. The number of thiophene rings is 2. The van der Waals surface area contributed by atoms with Crippen molar-refractivity contribution in [1.29, 1.82) is 0 Å². The molecule has 2 unspecified atom stereocenters. The van der Waals surface area contributed by atoms with E-state index in [-0.39, 0.29) is 35.5 Å². The van der Waals surface area contributed by atoms with Gasteiger partial charge >= 0.3 is 11.9 Å². The summed E-state index contributed by atoms with van der Waals surface area (Å²) in [4.78, 5) is 55.2. The molecule has 2 aromatic heterocycles. The molecular weight excluding hydrogens is 645 g/mol. The van der Waals surface area contributed by atoms with E-state index in [4.69, 9.17) is 9.47 Å². The summed E-state index contributed by atoms with van der Waals surface area (Å²) in [5.74, 6) is -0.477. The van der Waals surface area contributed by atoms with Gasteiger partial charge in [0.2, 0.25) is 11.8 Å². The number of amides is 2. The summed E-state index contributed by atoms with van der Waals surface area (Å²) in [6.07, 6.45) is 8.73. The normalized spacial score (nSPS) is 17.7. The predicted octanol–water partition coefficient (Wildman–Crippen LogP) is 9.38. The molecule has 0 radical (unpaired) electrons. The van der Waals surface area contributed by atoms with Crippen LogP contribution >= 0.6 is 22.7 Å². The van der Waals surface area contributed by atoms with Gasteiger partial charge in [0.1, 0.15) is 10.0 Å². The van der Waals surface area contributed by atoms with Crippen molar-refractivity contribution in [3.05, 3.63) is 32.0 Å². The van der Waals surface area contributed by atoms with E-state index in [0.29, 0.717) is 59.0 Å². The molecule has 0 saturated carbocycles. The third-order valence-corrected chi connectivity index (χ3v) is 13.3. The highest BCUT2D eigenvalue weighted by atomic mass is 32.1. The summed E-state index contributed by atoms with van der Waals surface area (Å²) in [5.41, 5.74) is 3.29. The number of nitrogens with one attached hydrogen (secondary N) is 2. The topological polar surface area (TPSA) is 111 Å². The Bertz CT molecular complexity index is 1380. The van der Waals surface area contributed by atoms with E-state index in [9.17, 15) is 19.2 Å². The van der Waals surface area contributed by atoms with Crippen molar-refractivity contribution >= 4 is 56.4 Å². The SMILES string of the molecule is CCCOC(=O)c1c(NC(=O)CCC(=O)Nc2sc3c(c2C(=O)OCCC)CCC(C(C)(C)CC)C3)sc2c1CCC(C(C)(C)CC)C2. The summed E-state index contributed by atoms with van der Waals surface area (Å²) in [6, 6.07) is 0. The van der Waals surface area contributed by atoms with Crippen LogP contribution in [0.2, 0.25) is 0 Å². The lowest BCUT2D eigenvalue weighted by Gasteiger charge is -2.36. The van der Waals surface area contributed by atoms with Gasteiger partial charge in [-0.25, -0.2) is 9.59 Å². The minimum atomic E-state index is -0.399. The second kappa shape index (κ2) is 16.3. The van der Waals surface area contributed by atoms with Gasteiger partial charge in [0, 0.05) is 22.6 Å². The quantitative estimate of drug-likeness (QED) is 0.179. The molecule has 266 valence electrons. The van der Waals surface area contributed by atoms with Crippen molar-refractivity contribution in [2.75, 3.05) is 23.8 Å². The second-order valence-electron chi connectivity index (χ2n) is 14.8. The number of fused-ring (bicyclic) bond motifs is 2. The molecule has 0 spiro atoms. The Morgan fingerprint density at radius 1 is 0.667 bits per heavy atom. The zero-order chi connectivity index (χ0) is 35.2. The average Bonchev–Trinajstić information content (AvgIpc) is 3.61. The van der Waals surface area contributed by atoms with Gasteiger partial charge in [-0.2, -0.15) is 0 Å². The van der Waals surface area contributed by atoms with E-state index in [1.54, 1.807) is 0 Å². The molecule has 4 rings (SSSR count). The molecule has 0 fully saturated rings. The van der Waals surface area contributed by atoms with E-state index >= 15 is 0 Å². The van der Waals surface area contributed by atoms with Crippen LogP contribution in [0.25, 0.3) is 0 Å². The molecule has 0 aromatic carbocycles. The number of carbonyl (C=O) groups excluding carboxylic acids is 4. The monoisotopic (exact) mass is 700 g/mol. The summed E-state index contributed by atoms with van der Waals surface area (Å²) in [5, 5.41) is 6.94. The Labute approximate surface area is 295 Å². The number of hydrogen-bond acceptors (Lipinski definition) is 8. The maximum Gasteiger partial charge on any atom is 0.341 e. The molecule has 2 aliphatic carbocycles. The van der Waals surface area contributed by atoms with Gasteiger partial charge in [0.25, 0.3) is 0 Å². The van der Waals surface area contributed by atoms with Gasteiger partial charge in [-0.3, -0.25) is 9.59 Å². The smallest absolute Gasteiger partial charge is 0.341 e. The first kappa shape index (κ1) is 38.1. The molecule has 2 amide bonds. The van der Waals surface area contributed by atoms with Crippen LogP contribution in [0.3, 0.4) is 0 Å². The van der Waals surface area contributed by atoms with Crippen molar-refractivity contribution in [1.82, 2.24) is 0 Å². The lowest BCUT2D eigenvalue weighted by atomic mass is 9.69. The Hall–Kier alpha value is -2.72. The van der Waals surface area contributed by atoms with Gasteiger partial charge in [-0.15, -0.1) is 22.7 Å². The molecule has 48 heavy (non-hydrogen) atoms. The Balaban J connectivity index is 1.47. The zero-order valence-corrected chi connectivity index (χ0v) is 32.0. The van der Waals surface area contributed by atoms with E-state index in [1.165, 1.54) is 22.7 Å². The van der Waals surface area contributed by atoms with Crippen LogP contribution in [0.4, 0.5) is 10.0 Å². The van der Waals surface area contributed by atoms with Crippen LogP contribution in [-0.2, 0) is 44.7 Å². The van der Waals surface area contributed by atoms with Gasteiger partial charge in [-0.1, -0.05) is 68.2 Å². The van der Waals surface area contributed by atoms with Gasteiger partial charge in [-0.05, 0) is 85.2 Å². The maximum atomic E-state index is 13.2. The number of anilines is 2. The van der Waals surface area contributed by atoms with E-state index in [0.717, 1.165) is 72.2 Å². The van der Waals surface area contributed by atoms with Crippen molar-refractivity contribution in [3.8, 4) is 0 Å². The molecule has 2 N–H and O–H groups in total. The van der Waals surface area contributed by atoms with E-state index in [1.807, 2.05) is 13.8 Å². The van der Waals surface area contributed by atoms with Crippen molar-refractivity contribution in [2.24, 2.45) is 22.7 Å². The maximum absolute atomic E-state index is 13.2. The molecule has 2 aliphatic rings. The largest absolute Gasteiger partial charge is 0.462 e. The molecule has 2 heterocycles. The molecule has 10 heteroatoms. The van der Waals surface area contributed by atoms with Gasteiger partial charge in [0.15, 0.2) is 0 Å². The molecule has 2 atom stereocenters. The first-order valence-corrected chi connectivity index (χ1v) is 19.6. The van der Waals surface area contributed by atoms with Gasteiger partial charge < -0.3 is 20.1 Å². The lowest BCUT2D eigenvalue weighted by Crippen LogP contribution is -2.28. The number of carbonyl (C=O) groups is 4. The zero-order valence-electron chi connectivity index (χ0n) is 30.3. The summed E-state index contributed by atoms with van der Waals surface area (Å²) in [6.45, 7) is 18.2. The molecular formula is C38H56N2O6S2. The molecule has 8 nitrogen and oxygen atoms in total. The minimum Gasteiger partial charge on any atom is -0.462 e.